The van der Waals surface area contributed by atoms with Crippen molar-refractivity contribution in [3.8, 4) is 0 Å². The summed E-state index contributed by atoms with van der Waals surface area (Å²) in [6.07, 6.45) is 3.99. The molecule has 0 spiro atoms. The van der Waals surface area contributed by atoms with E-state index in [1.165, 1.54) is 25.7 Å². The zero-order valence-electron chi connectivity index (χ0n) is 6.84. The molecule has 0 aliphatic heterocycles. The quantitative estimate of drug-likeness (QED) is 0.642. The molecule has 3 nitrogen and oxygen atoms in total. The lowest BCUT2D eigenvalue weighted by atomic mass is 10.0. The smallest absolute Gasteiger partial charge is 0.404 e. The van der Waals surface area contributed by atoms with Crippen LogP contribution in [0.5, 0.6) is 0 Å². The van der Waals surface area contributed by atoms with Gasteiger partial charge in [0.2, 0.25) is 0 Å². The maximum Gasteiger partial charge on any atom is 0.404 e. The second-order valence-corrected chi connectivity index (χ2v) is 3.28. The van der Waals surface area contributed by atoms with Crippen molar-refractivity contribution in [3.05, 3.63) is 0 Å². The van der Waals surface area contributed by atoms with Crippen LogP contribution in [0.15, 0.2) is 0 Å². The lowest BCUT2D eigenvalue weighted by Gasteiger charge is -2.17. The van der Waals surface area contributed by atoms with E-state index in [1.54, 1.807) is 0 Å². The van der Waals surface area contributed by atoms with E-state index < -0.39 is 6.09 Å². The summed E-state index contributed by atoms with van der Waals surface area (Å²) in [5.41, 5.74) is 0. The normalized spacial score (nSPS) is 21.5. The highest BCUT2D eigenvalue weighted by Gasteiger charge is 2.22. The van der Waals surface area contributed by atoms with Crippen LogP contribution in [0.4, 0.5) is 4.79 Å². The van der Waals surface area contributed by atoms with Gasteiger partial charge in [0.1, 0.15) is 0 Å². The van der Waals surface area contributed by atoms with Crippen molar-refractivity contribution in [3.63, 3.8) is 0 Å². The molecule has 1 saturated carbocycles. The molecule has 1 aliphatic rings. The molecule has 1 atom stereocenters. The van der Waals surface area contributed by atoms with Crippen molar-refractivity contribution in [1.82, 2.24) is 5.32 Å². The summed E-state index contributed by atoms with van der Waals surface area (Å²) < 4.78 is 0. The SMILES string of the molecule is CC(NC(=O)O)C1CCCC1. The Balaban J connectivity index is 2.28. The molecule has 64 valence electrons. The van der Waals surface area contributed by atoms with E-state index in [2.05, 4.69) is 5.32 Å². The molecule has 0 aromatic carbocycles. The summed E-state index contributed by atoms with van der Waals surface area (Å²) in [5, 5.41) is 10.9. The zero-order chi connectivity index (χ0) is 8.27. The Kier molecular flexibility index (Phi) is 2.74. The molecule has 0 radical (unpaired) electrons. The number of carbonyl (C=O) groups is 1. The summed E-state index contributed by atoms with van der Waals surface area (Å²) in [4.78, 5) is 10.3. The molecule has 11 heavy (non-hydrogen) atoms. The first kappa shape index (κ1) is 8.37. The van der Waals surface area contributed by atoms with Gasteiger partial charge < -0.3 is 10.4 Å². The van der Waals surface area contributed by atoms with Gasteiger partial charge in [0.15, 0.2) is 0 Å². The van der Waals surface area contributed by atoms with Crippen molar-refractivity contribution in [2.45, 2.75) is 38.6 Å². The zero-order valence-corrected chi connectivity index (χ0v) is 6.84. The van der Waals surface area contributed by atoms with E-state index in [-0.39, 0.29) is 6.04 Å². The highest BCUT2D eigenvalue weighted by atomic mass is 16.4. The maximum atomic E-state index is 10.3. The van der Waals surface area contributed by atoms with E-state index in [0.29, 0.717) is 5.92 Å². The topological polar surface area (TPSA) is 49.3 Å². The summed E-state index contributed by atoms with van der Waals surface area (Å²) in [5.74, 6) is 0.575. The van der Waals surface area contributed by atoms with Crippen molar-refractivity contribution in [2.24, 2.45) is 5.92 Å². The highest BCUT2D eigenvalue weighted by Crippen LogP contribution is 2.27. The third-order valence-corrected chi connectivity index (χ3v) is 2.46. The van der Waals surface area contributed by atoms with Crippen LogP contribution in [-0.2, 0) is 0 Å². The van der Waals surface area contributed by atoms with Gasteiger partial charge in [-0.2, -0.15) is 0 Å². The predicted molar refractivity (Wildman–Crippen MR) is 42.6 cm³/mol. The van der Waals surface area contributed by atoms with Crippen molar-refractivity contribution < 1.29 is 9.90 Å². The number of amides is 1. The molecule has 0 aromatic rings. The molecular formula is C8H15NO2. The fourth-order valence-electron chi connectivity index (χ4n) is 1.77. The van der Waals surface area contributed by atoms with Gasteiger partial charge in [0.05, 0.1) is 0 Å². The van der Waals surface area contributed by atoms with Crippen LogP contribution in [0, 0.1) is 5.92 Å². The number of hydrogen-bond acceptors (Lipinski definition) is 1. The maximum absolute atomic E-state index is 10.3. The number of rotatable bonds is 2. The molecule has 1 fully saturated rings. The molecule has 1 amide bonds. The van der Waals surface area contributed by atoms with Crippen LogP contribution >= 0.6 is 0 Å². The van der Waals surface area contributed by atoms with Crippen LogP contribution in [-0.4, -0.2) is 17.2 Å². The highest BCUT2D eigenvalue weighted by molar-refractivity contribution is 5.64. The minimum Gasteiger partial charge on any atom is -0.465 e. The van der Waals surface area contributed by atoms with E-state index in [9.17, 15) is 4.79 Å². The largest absolute Gasteiger partial charge is 0.465 e. The lowest BCUT2D eigenvalue weighted by Crippen LogP contribution is -2.35. The van der Waals surface area contributed by atoms with E-state index in [1.807, 2.05) is 6.92 Å². The molecule has 1 rings (SSSR count). The summed E-state index contributed by atoms with van der Waals surface area (Å²) in [6.45, 7) is 1.95. The second-order valence-electron chi connectivity index (χ2n) is 3.28. The summed E-state index contributed by atoms with van der Waals surface area (Å²) in [6, 6.07) is 0.134. The lowest BCUT2D eigenvalue weighted by molar-refractivity contribution is 0.186. The minimum atomic E-state index is -0.899. The summed E-state index contributed by atoms with van der Waals surface area (Å²) in [7, 11) is 0. The minimum absolute atomic E-state index is 0.134. The van der Waals surface area contributed by atoms with Gasteiger partial charge in [-0.25, -0.2) is 4.79 Å². The predicted octanol–water partition coefficient (Wildman–Crippen LogP) is 1.83. The number of nitrogens with one attached hydrogen (secondary N) is 1. The first-order chi connectivity index (χ1) is 5.20. The van der Waals surface area contributed by atoms with Crippen molar-refractivity contribution in [1.29, 1.82) is 0 Å². The van der Waals surface area contributed by atoms with Crippen LogP contribution in [0.3, 0.4) is 0 Å². The van der Waals surface area contributed by atoms with Gasteiger partial charge in [-0.15, -0.1) is 0 Å². The Morgan fingerprint density at radius 2 is 2.09 bits per heavy atom. The van der Waals surface area contributed by atoms with Gasteiger partial charge >= 0.3 is 6.09 Å². The monoisotopic (exact) mass is 157 g/mol. The number of hydrogen-bond donors (Lipinski definition) is 2. The van der Waals surface area contributed by atoms with Crippen LogP contribution in [0.1, 0.15) is 32.6 Å². The van der Waals surface area contributed by atoms with E-state index >= 15 is 0 Å². The average Bonchev–Trinajstić information content (AvgIpc) is 2.35. The number of carboxylic acid groups (broad SMARTS) is 1. The Morgan fingerprint density at radius 1 is 1.55 bits per heavy atom. The molecule has 0 saturated heterocycles. The van der Waals surface area contributed by atoms with E-state index in [4.69, 9.17) is 5.11 Å². The van der Waals surface area contributed by atoms with Gasteiger partial charge in [-0.3, -0.25) is 0 Å². The summed E-state index contributed by atoms with van der Waals surface area (Å²) >= 11 is 0. The first-order valence-electron chi connectivity index (χ1n) is 4.19. The molecule has 2 N–H and O–H groups in total. The molecule has 1 aliphatic carbocycles. The van der Waals surface area contributed by atoms with Gasteiger partial charge in [0.25, 0.3) is 0 Å². The molecule has 3 heteroatoms. The van der Waals surface area contributed by atoms with Crippen molar-refractivity contribution in [2.75, 3.05) is 0 Å². The van der Waals surface area contributed by atoms with E-state index in [0.717, 1.165) is 0 Å². The first-order valence-corrected chi connectivity index (χ1v) is 4.19. The van der Waals surface area contributed by atoms with Gasteiger partial charge in [-0.1, -0.05) is 12.8 Å². The van der Waals surface area contributed by atoms with Gasteiger partial charge in [-0.05, 0) is 25.7 Å². The fraction of sp³-hybridized carbons (Fsp3) is 0.875. The Bertz CT molecular complexity index is 141. The Morgan fingerprint density at radius 3 is 2.55 bits per heavy atom. The van der Waals surface area contributed by atoms with Crippen LogP contribution in [0.2, 0.25) is 0 Å². The Labute approximate surface area is 66.8 Å². The third-order valence-electron chi connectivity index (χ3n) is 2.46. The standard InChI is InChI=1S/C8H15NO2/c1-6(9-8(10)11)7-4-2-3-5-7/h6-7,9H,2-5H2,1H3,(H,10,11). The second kappa shape index (κ2) is 3.60. The Hall–Kier alpha value is -0.730. The molecule has 0 aromatic heterocycles. The molecule has 1 unspecified atom stereocenters. The fourth-order valence-corrected chi connectivity index (χ4v) is 1.77. The van der Waals surface area contributed by atoms with Crippen molar-refractivity contribution >= 4 is 6.09 Å². The molecule has 0 bridgehead atoms. The average molecular weight is 157 g/mol. The third kappa shape index (κ3) is 2.41. The van der Waals surface area contributed by atoms with Crippen LogP contribution in [0.25, 0.3) is 0 Å². The molecular weight excluding hydrogens is 142 g/mol. The van der Waals surface area contributed by atoms with Crippen LogP contribution < -0.4 is 5.32 Å². The van der Waals surface area contributed by atoms with Gasteiger partial charge in [0, 0.05) is 6.04 Å². The molecule has 0 heterocycles.